The van der Waals surface area contributed by atoms with Crippen LogP contribution in [0.25, 0.3) is 0 Å². The van der Waals surface area contributed by atoms with E-state index in [0.29, 0.717) is 18.2 Å². The van der Waals surface area contributed by atoms with Gasteiger partial charge in [-0.25, -0.2) is 13.1 Å². The van der Waals surface area contributed by atoms with Crippen molar-refractivity contribution in [3.63, 3.8) is 0 Å². The molecular formula is C16H17N3O3S. The number of amides is 1. The molecule has 1 amide bonds. The zero-order valence-electron chi connectivity index (χ0n) is 12.4. The number of hydrogen-bond acceptors (Lipinski definition) is 4. The summed E-state index contributed by atoms with van der Waals surface area (Å²) in [5.41, 5.74) is 0.890. The number of aromatic nitrogens is 1. The van der Waals surface area contributed by atoms with Gasteiger partial charge >= 0.3 is 0 Å². The number of nitrogens with zero attached hydrogens (tertiary/aromatic N) is 1. The molecule has 2 N–H and O–H groups in total. The second kappa shape index (κ2) is 6.47. The lowest BCUT2D eigenvalue weighted by atomic mass is 10.2. The molecule has 1 aromatic heterocycles. The highest BCUT2D eigenvalue weighted by molar-refractivity contribution is 7.89. The molecule has 0 saturated heterocycles. The number of sulfonamides is 1. The summed E-state index contributed by atoms with van der Waals surface area (Å²) in [5, 5.41) is 2.70. The van der Waals surface area contributed by atoms with Gasteiger partial charge in [0.05, 0.1) is 4.90 Å². The Bertz CT molecular complexity index is 802. The van der Waals surface area contributed by atoms with Crippen molar-refractivity contribution in [1.29, 1.82) is 0 Å². The first-order chi connectivity index (χ1) is 11.0. The van der Waals surface area contributed by atoms with E-state index < -0.39 is 10.0 Å². The van der Waals surface area contributed by atoms with Crippen LogP contribution in [0.2, 0.25) is 0 Å². The average molecular weight is 331 g/mol. The predicted molar refractivity (Wildman–Crippen MR) is 86.5 cm³/mol. The topological polar surface area (TPSA) is 88.2 Å². The molecule has 6 nitrogen and oxygen atoms in total. The summed E-state index contributed by atoms with van der Waals surface area (Å²) in [6, 6.07) is 9.33. The number of hydrogen-bond donors (Lipinski definition) is 2. The Balaban J connectivity index is 1.74. The molecule has 3 rings (SSSR count). The lowest BCUT2D eigenvalue weighted by Gasteiger charge is -2.08. The first-order valence-electron chi connectivity index (χ1n) is 7.36. The van der Waals surface area contributed by atoms with Gasteiger partial charge in [0.15, 0.2) is 0 Å². The molecular weight excluding hydrogens is 314 g/mol. The van der Waals surface area contributed by atoms with Crippen LogP contribution in [0, 0.1) is 5.92 Å². The molecule has 7 heteroatoms. The number of carbonyl (C=O) groups excluding carboxylic acids is 1. The summed E-state index contributed by atoms with van der Waals surface area (Å²) in [5.74, 6) is 0.0818. The molecule has 1 heterocycles. The van der Waals surface area contributed by atoms with Crippen LogP contribution in [0.1, 0.15) is 23.2 Å². The molecule has 1 fully saturated rings. The molecule has 0 atom stereocenters. The van der Waals surface area contributed by atoms with Gasteiger partial charge in [0, 0.05) is 30.2 Å². The van der Waals surface area contributed by atoms with Gasteiger partial charge in [0.1, 0.15) is 0 Å². The van der Waals surface area contributed by atoms with Crippen molar-refractivity contribution in [2.24, 2.45) is 5.92 Å². The highest BCUT2D eigenvalue weighted by Gasteiger charge is 2.24. The number of anilines is 1. The number of rotatable bonds is 6. The second-order valence-corrected chi connectivity index (χ2v) is 7.28. The summed E-state index contributed by atoms with van der Waals surface area (Å²) in [6.07, 6.45) is 5.27. The minimum Gasteiger partial charge on any atom is -0.322 e. The van der Waals surface area contributed by atoms with Crippen molar-refractivity contribution >= 4 is 21.6 Å². The summed E-state index contributed by atoms with van der Waals surface area (Å²) in [4.78, 5) is 16.2. The van der Waals surface area contributed by atoms with Crippen molar-refractivity contribution in [3.05, 3.63) is 54.4 Å². The Kier molecular flexibility index (Phi) is 4.40. The number of nitrogens with one attached hydrogen (secondary N) is 2. The molecule has 1 aliphatic rings. The Morgan fingerprint density at radius 2 is 1.91 bits per heavy atom. The summed E-state index contributed by atoms with van der Waals surface area (Å²) in [6.45, 7) is 0.454. The largest absolute Gasteiger partial charge is 0.322 e. The lowest BCUT2D eigenvalue weighted by Crippen LogP contribution is -2.26. The number of carbonyl (C=O) groups is 1. The van der Waals surface area contributed by atoms with Crippen molar-refractivity contribution < 1.29 is 13.2 Å². The molecule has 0 spiro atoms. The first-order valence-corrected chi connectivity index (χ1v) is 8.84. The third kappa shape index (κ3) is 4.14. The van der Waals surface area contributed by atoms with Gasteiger partial charge < -0.3 is 5.32 Å². The van der Waals surface area contributed by atoms with Crippen molar-refractivity contribution in [1.82, 2.24) is 9.71 Å². The van der Waals surface area contributed by atoms with Gasteiger partial charge in [-0.1, -0.05) is 6.07 Å². The normalized spacial score (nSPS) is 14.4. The third-order valence-corrected chi connectivity index (χ3v) is 5.02. The summed E-state index contributed by atoms with van der Waals surface area (Å²) in [7, 11) is -3.58. The standard InChI is InChI=1S/C16H17N3O3S/c20-16(19-14-6-8-17-9-7-14)13-2-1-3-15(10-13)23(21,22)18-11-12-4-5-12/h1-3,6-10,12,18H,4-5,11H2,(H,17,19,20). The van der Waals surface area contributed by atoms with Crippen molar-refractivity contribution in [2.75, 3.05) is 11.9 Å². The number of pyridine rings is 1. The van der Waals surface area contributed by atoms with Crippen LogP contribution in [0.4, 0.5) is 5.69 Å². The highest BCUT2D eigenvalue weighted by Crippen LogP contribution is 2.28. The van der Waals surface area contributed by atoms with Crippen LogP contribution in [0.3, 0.4) is 0 Å². The molecule has 120 valence electrons. The van der Waals surface area contributed by atoms with Crippen LogP contribution in [-0.4, -0.2) is 25.9 Å². The molecule has 0 radical (unpaired) electrons. The fourth-order valence-corrected chi connectivity index (χ4v) is 3.24. The second-order valence-electron chi connectivity index (χ2n) is 5.51. The van der Waals surface area contributed by atoms with E-state index in [1.807, 2.05) is 0 Å². The van der Waals surface area contributed by atoms with Gasteiger partial charge in [0.2, 0.25) is 10.0 Å². The predicted octanol–water partition coefficient (Wildman–Crippen LogP) is 2.02. The minimum atomic E-state index is -3.58. The summed E-state index contributed by atoms with van der Waals surface area (Å²) >= 11 is 0. The van der Waals surface area contributed by atoms with E-state index in [0.717, 1.165) is 12.8 Å². The maximum atomic E-state index is 12.2. The van der Waals surface area contributed by atoms with Crippen molar-refractivity contribution in [2.45, 2.75) is 17.7 Å². The lowest BCUT2D eigenvalue weighted by molar-refractivity contribution is 0.102. The fourth-order valence-electron chi connectivity index (χ4n) is 2.08. The van der Waals surface area contributed by atoms with E-state index in [9.17, 15) is 13.2 Å². The fraction of sp³-hybridized carbons (Fsp3) is 0.250. The van der Waals surface area contributed by atoms with Gasteiger partial charge in [0.25, 0.3) is 5.91 Å². The Hall–Kier alpha value is -2.25. The molecule has 1 aliphatic carbocycles. The molecule has 0 aliphatic heterocycles. The maximum Gasteiger partial charge on any atom is 0.255 e. The maximum absolute atomic E-state index is 12.2. The van der Waals surface area contributed by atoms with Gasteiger partial charge in [-0.2, -0.15) is 0 Å². The molecule has 0 bridgehead atoms. The average Bonchev–Trinajstić information content (AvgIpc) is 3.38. The van der Waals surface area contributed by atoms with Crippen molar-refractivity contribution in [3.8, 4) is 0 Å². The quantitative estimate of drug-likeness (QED) is 0.847. The molecule has 2 aromatic rings. The van der Waals surface area contributed by atoms with Gasteiger partial charge in [-0.05, 0) is 49.1 Å². The van der Waals surface area contributed by atoms with E-state index in [4.69, 9.17) is 0 Å². The van der Waals surface area contributed by atoms with Gasteiger partial charge in [-0.15, -0.1) is 0 Å². The molecule has 1 aromatic carbocycles. The zero-order valence-corrected chi connectivity index (χ0v) is 13.2. The van der Waals surface area contributed by atoms with Crippen LogP contribution in [0.15, 0.2) is 53.7 Å². The summed E-state index contributed by atoms with van der Waals surface area (Å²) < 4.78 is 27.1. The zero-order chi connectivity index (χ0) is 16.3. The van der Waals surface area contributed by atoms with E-state index in [2.05, 4.69) is 15.0 Å². The Morgan fingerprint density at radius 1 is 1.17 bits per heavy atom. The minimum absolute atomic E-state index is 0.0977. The van der Waals surface area contributed by atoms with Crippen LogP contribution in [0.5, 0.6) is 0 Å². The van der Waals surface area contributed by atoms with E-state index in [-0.39, 0.29) is 16.4 Å². The van der Waals surface area contributed by atoms with Crippen LogP contribution >= 0.6 is 0 Å². The molecule has 23 heavy (non-hydrogen) atoms. The monoisotopic (exact) mass is 331 g/mol. The van der Waals surface area contributed by atoms with E-state index in [1.54, 1.807) is 36.7 Å². The van der Waals surface area contributed by atoms with E-state index >= 15 is 0 Å². The highest BCUT2D eigenvalue weighted by atomic mass is 32.2. The van der Waals surface area contributed by atoms with E-state index in [1.165, 1.54) is 12.1 Å². The van der Waals surface area contributed by atoms with Crippen LogP contribution < -0.4 is 10.0 Å². The third-order valence-electron chi connectivity index (χ3n) is 3.60. The number of benzene rings is 1. The molecule has 1 saturated carbocycles. The SMILES string of the molecule is O=C(Nc1ccncc1)c1cccc(S(=O)(=O)NCC2CC2)c1. The van der Waals surface area contributed by atoms with Gasteiger partial charge in [-0.3, -0.25) is 9.78 Å². The smallest absolute Gasteiger partial charge is 0.255 e. The first kappa shape index (κ1) is 15.6. The Morgan fingerprint density at radius 3 is 2.61 bits per heavy atom. The molecule has 0 unspecified atom stereocenters. The van der Waals surface area contributed by atoms with Crippen LogP contribution in [-0.2, 0) is 10.0 Å². The Labute approximate surface area is 135 Å².